The Bertz CT molecular complexity index is 3210. The van der Waals surface area contributed by atoms with Gasteiger partial charge in [0.15, 0.2) is 17.5 Å². The van der Waals surface area contributed by atoms with E-state index in [9.17, 15) is 0 Å². The van der Waals surface area contributed by atoms with Gasteiger partial charge in [-0.05, 0) is 68.4 Å². The van der Waals surface area contributed by atoms with Crippen LogP contribution >= 0.6 is 0 Å². The summed E-state index contributed by atoms with van der Waals surface area (Å²) in [5.74, 6) is 1.87. The van der Waals surface area contributed by atoms with Crippen LogP contribution in [0.1, 0.15) is 0 Å². The van der Waals surface area contributed by atoms with Crippen LogP contribution in [0.25, 0.3) is 111 Å². The first kappa shape index (κ1) is 31.1. The number of hydrogen-bond donors (Lipinski definition) is 0. The van der Waals surface area contributed by atoms with E-state index in [1.165, 1.54) is 26.9 Å². The van der Waals surface area contributed by atoms with E-state index in [1.807, 2.05) is 79.0 Å². The molecule has 0 aliphatic rings. The SMILES string of the molecule is c1ccc(-c2nc(-c3ccc(-c4ccc5c(c4)c4ccccc4c4c5ccc5c6ccccc6oc54)cc3)nc(-c3ccc(-c4ccccn4)cc3)n2)cc1. The molecule has 11 aromatic rings. The summed E-state index contributed by atoms with van der Waals surface area (Å²) in [7, 11) is 0. The third kappa shape index (κ3) is 5.24. The van der Waals surface area contributed by atoms with Crippen molar-refractivity contribution in [1.82, 2.24) is 19.9 Å². The van der Waals surface area contributed by atoms with Gasteiger partial charge >= 0.3 is 0 Å². The molecule has 0 N–H and O–H groups in total. The zero-order valence-electron chi connectivity index (χ0n) is 29.5. The molecule has 0 unspecified atom stereocenters. The van der Waals surface area contributed by atoms with Crippen molar-refractivity contribution in [2.24, 2.45) is 0 Å². The van der Waals surface area contributed by atoms with Gasteiger partial charge in [-0.1, -0.05) is 146 Å². The first-order valence-corrected chi connectivity index (χ1v) is 18.4. The maximum atomic E-state index is 6.53. The molecule has 0 spiro atoms. The lowest BCUT2D eigenvalue weighted by Crippen LogP contribution is -2.00. The van der Waals surface area contributed by atoms with Crippen LogP contribution in [0.15, 0.2) is 187 Å². The largest absolute Gasteiger partial charge is 0.455 e. The summed E-state index contributed by atoms with van der Waals surface area (Å²) < 4.78 is 6.53. The quantitative estimate of drug-likeness (QED) is 0.167. The second-order valence-corrected chi connectivity index (χ2v) is 13.8. The number of hydrogen-bond acceptors (Lipinski definition) is 5. The second kappa shape index (κ2) is 12.6. The topological polar surface area (TPSA) is 64.7 Å². The van der Waals surface area contributed by atoms with Gasteiger partial charge in [0.2, 0.25) is 0 Å². The molecule has 0 radical (unpaired) electrons. The normalized spacial score (nSPS) is 11.6. The molecule has 5 nitrogen and oxygen atoms in total. The third-order valence-corrected chi connectivity index (χ3v) is 10.6. The average molecular weight is 703 g/mol. The Morgan fingerprint density at radius 3 is 1.55 bits per heavy atom. The Hall–Kier alpha value is -7.50. The van der Waals surface area contributed by atoms with Crippen LogP contribution in [0.3, 0.4) is 0 Å². The average Bonchev–Trinajstić information content (AvgIpc) is 3.66. The Morgan fingerprint density at radius 2 is 0.836 bits per heavy atom. The summed E-state index contributed by atoms with van der Waals surface area (Å²) in [5, 5.41) is 9.44. The zero-order valence-corrected chi connectivity index (χ0v) is 29.5. The van der Waals surface area contributed by atoms with Crippen LogP contribution in [0.4, 0.5) is 0 Å². The van der Waals surface area contributed by atoms with Crippen molar-refractivity contribution in [3.8, 4) is 56.5 Å². The highest BCUT2D eigenvalue weighted by molar-refractivity contribution is 6.32. The van der Waals surface area contributed by atoms with Crippen molar-refractivity contribution in [3.05, 3.63) is 182 Å². The molecule has 55 heavy (non-hydrogen) atoms. The van der Waals surface area contributed by atoms with E-state index in [0.717, 1.165) is 66.4 Å². The van der Waals surface area contributed by atoms with Crippen LogP contribution in [-0.2, 0) is 0 Å². The van der Waals surface area contributed by atoms with Gasteiger partial charge < -0.3 is 4.42 Å². The number of pyridine rings is 1. The molecule has 3 aromatic heterocycles. The number of benzene rings is 8. The lowest BCUT2D eigenvalue weighted by Gasteiger charge is -2.13. The van der Waals surface area contributed by atoms with Crippen LogP contribution in [0.2, 0.25) is 0 Å². The number of rotatable bonds is 5. The molecule has 0 aliphatic heterocycles. The van der Waals surface area contributed by atoms with E-state index < -0.39 is 0 Å². The summed E-state index contributed by atoms with van der Waals surface area (Å²) in [6.07, 6.45) is 1.81. The highest BCUT2D eigenvalue weighted by atomic mass is 16.3. The molecule has 5 heteroatoms. The lowest BCUT2D eigenvalue weighted by atomic mass is 9.91. The van der Waals surface area contributed by atoms with Crippen molar-refractivity contribution in [1.29, 1.82) is 0 Å². The monoisotopic (exact) mass is 702 g/mol. The van der Waals surface area contributed by atoms with Crippen LogP contribution < -0.4 is 0 Å². The standard InChI is InChI=1S/C50H30N4O/c1-2-10-33(11-3-1)48-52-49(54-50(53-48)35-23-19-32(20-24-35)44-15-8-9-29-51-44)34-21-17-31(18-22-34)36-25-26-38-41-27-28-42-39-13-6-7-16-45(39)55-47(42)46(41)40-14-5-4-12-37(40)43(38)30-36/h1-30H. The van der Waals surface area contributed by atoms with Gasteiger partial charge in [0.05, 0.1) is 5.69 Å². The molecule has 0 saturated heterocycles. The first-order valence-electron chi connectivity index (χ1n) is 18.4. The summed E-state index contributed by atoms with van der Waals surface area (Å²) in [4.78, 5) is 19.4. The highest BCUT2D eigenvalue weighted by Crippen LogP contribution is 2.43. The number of furan rings is 1. The molecular formula is C50H30N4O. The highest BCUT2D eigenvalue weighted by Gasteiger charge is 2.17. The van der Waals surface area contributed by atoms with Crippen molar-refractivity contribution in [3.63, 3.8) is 0 Å². The smallest absolute Gasteiger partial charge is 0.164 e. The molecule has 256 valence electrons. The predicted molar refractivity (Wildman–Crippen MR) is 225 cm³/mol. The first-order chi connectivity index (χ1) is 27.2. The molecule has 0 amide bonds. The Labute approximate surface area is 316 Å². The minimum absolute atomic E-state index is 0.619. The number of para-hydroxylation sites is 1. The summed E-state index contributed by atoms with van der Waals surface area (Å²) in [6, 6.07) is 61.0. The van der Waals surface area contributed by atoms with Crippen LogP contribution in [-0.4, -0.2) is 19.9 Å². The van der Waals surface area contributed by atoms with Crippen molar-refractivity contribution in [2.45, 2.75) is 0 Å². The Morgan fingerprint density at radius 1 is 0.327 bits per heavy atom. The molecule has 11 rings (SSSR count). The predicted octanol–water partition coefficient (Wildman–Crippen LogP) is 13.0. The van der Waals surface area contributed by atoms with E-state index in [0.29, 0.717) is 17.5 Å². The summed E-state index contributed by atoms with van der Waals surface area (Å²) in [6.45, 7) is 0. The van der Waals surface area contributed by atoms with E-state index in [2.05, 4.69) is 108 Å². The fourth-order valence-electron chi connectivity index (χ4n) is 7.88. The van der Waals surface area contributed by atoms with E-state index >= 15 is 0 Å². The van der Waals surface area contributed by atoms with Crippen LogP contribution in [0.5, 0.6) is 0 Å². The number of nitrogens with zero attached hydrogens (tertiary/aromatic N) is 4. The molecule has 0 aliphatic carbocycles. The number of aromatic nitrogens is 4. The fourth-order valence-corrected chi connectivity index (χ4v) is 7.88. The van der Waals surface area contributed by atoms with Gasteiger partial charge in [0.1, 0.15) is 11.2 Å². The van der Waals surface area contributed by atoms with Gasteiger partial charge in [-0.3, -0.25) is 4.98 Å². The third-order valence-electron chi connectivity index (χ3n) is 10.6. The van der Waals surface area contributed by atoms with Gasteiger partial charge in [0, 0.05) is 44.6 Å². The molecule has 0 atom stereocenters. The second-order valence-electron chi connectivity index (χ2n) is 13.8. The Kier molecular flexibility index (Phi) is 7.10. The minimum atomic E-state index is 0.619. The maximum absolute atomic E-state index is 6.53. The van der Waals surface area contributed by atoms with Gasteiger partial charge in [-0.25, -0.2) is 15.0 Å². The molecule has 0 saturated carbocycles. The van der Waals surface area contributed by atoms with Crippen molar-refractivity contribution in [2.75, 3.05) is 0 Å². The number of fused-ring (bicyclic) bond motifs is 10. The maximum Gasteiger partial charge on any atom is 0.164 e. The van der Waals surface area contributed by atoms with Gasteiger partial charge in [-0.15, -0.1) is 0 Å². The van der Waals surface area contributed by atoms with E-state index in [1.54, 1.807) is 0 Å². The van der Waals surface area contributed by atoms with Crippen molar-refractivity contribution >= 4 is 54.3 Å². The fraction of sp³-hybridized carbons (Fsp3) is 0. The zero-order chi connectivity index (χ0) is 36.3. The molecule has 0 bridgehead atoms. The van der Waals surface area contributed by atoms with E-state index in [4.69, 9.17) is 19.4 Å². The molecule has 3 heterocycles. The molecule has 8 aromatic carbocycles. The molecular weight excluding hydrogens is 673 g/mol. The molecule has 0 fully saturated rings. The summed E-state index contributed by atoms with van der Waals surface area (Å²) >= 11 is 0. The van der Waals surface area contributed by atoms with E-state index in [-0.39, 0.29) is 0 Å². The van der Waals surface area contributed by atoms with Gasteiger partial charge in [0.25, 0.3) is 0 Å². The lowest BCUT2D eigenvalue weighted by molar-refractivity contribution is 0.673. The Balaban J connectivity index is 1.00. The summed E-state index contributed by atoms with van der Waals surface area (Å²) in [5.41, 5.74) is 8.83. The van der Waals surface area contributed by atoms with Gasteiger partial charge in [-0.2, -0.15) is 0 Å². The van der Waals surface area contributed by atoms with Crippen LogP contribution in [0, 0.1) is 0 Å². The van der Waals surface area contributed by atoms with Crippen molar-refractivity contribution < 1.29 is 4.42 Å². The minimum Gasteiger partial charge on any atom is -0.455 e.